The lowest BCUT2D eigenvalue weighted by atomic mass is 10.1. The van der Waals surface area contributed by atoms with Crippen LogP contribution in [0, 0.1) is 6.92 Å². The van der Waals surface area contributed by atoms with Crippen LogP contribution in [0.25, 0.3) is 22.6 Å². The summed E-state index contributed by atoms with van der Waals surface area (Å²) in [6, 6.07) is 20.7. The normalized spacial score (nSPS) is 10.8. The van der Waals surface area contributed by atoms with Crippen LogP contribution in [-0.4, -0.2) is 10.9 Å². The van der Waals surface area contributed by atoms with Gasteiger partial charge in [0.15, 0.2) is 5.58 Å². The average molecular weight is 407 g/mol. The van der Waals surface area contributed by atoms with Crippen LogP contribution in [0.4, 0.5) is 5.69 Å². The molecule has 0 fully saturated rings. The zero-order valence-corrected chi connectivity index (χ0v) is 15.6. The van der Waals surface area contributed by atoms with Gasteiger partial charge in [0.2, 0.25) is 5.89 Å². The third-order valence-corrected chi connectivity index (χ3v) is 4.55. The predicted octanol–water partition coefficient (Wildman–Crippen LogP) is 5.82. The highest BCUT2D eigenvalue weighted by atomic mass is 79.9. The third-order valence-electron chi connectivity index (χ3n) is 4.02. The van der Waals surface area contributed by atoms with Crippen LogP contribution in [0.3, 0.4) is 0 Å². The van der Waals surface area contributed by atoms with E-state index >= 15 is 0 Å². The number of rotatable bonds is 3. The molecule has 1 amide bonds. The lowest BCUT2D eigenvalue weighted by Crippen LogP contribution is -2.11. The van der Waals surface area contributed by atoms with Crippen molar-refractivity contribution in [1.82, 2.24) is 4.98 Å². The maximum Gasteiger partial charge on any atom is 0.255 e. The molecule has 0 atom stereocenters. The molecule has 0 bridgehead atoms. The summed E-state index contributed by atoms with van der Waals surface area (Å²) in [5.41, 5.74) is 4.72. The highest BCUT2D eigenvalue weighted by molar-refractivity contribution is 9.10. The molecule has 4 aromatic rings. The summed E-state index contributed by atoms with van der Waals surface area (Å²) in [4.78, 5) is 16.9. The second-order valence-corrected chi connectivity index (χ2v) is 6.95. The molecule has 4 rings (SSSR count). The van der Waals surface area contributed by atoms with Crippen LogP contribution in [0.1, 0.15) is 15.9 Å². The molecule has 3 aromatic carbocycles. The second-order valence-electron chi connectivity index (χ2n) is 6.03. The summed E-state index contributed by atoms with van der Waals surface area (Å²) >= 11 is 3.36. The SMILES string of the molecule is Cc1cccc(-c2nc3ccc(NC(=O)c4ccc(Br)cc4)cc3o2)c1. The van der Waals surface area contributed by atoms with Crippen molar-refractivity contribution in [1.29, 1.82) is 0 Å². The van der Waals surface area contributed by atoms with Crippen molar-refractivity contribution in [2.45, 2.75) is 6.92 Å². The molecule has 5 heteroatoms. The molecule has 1 aromatic heterocycles. The van der Waals surface area contributed by atoms with Crippen LogP contribution >= 0.6 is 15.9 Å². The molecular formula is C21H15BrN2O2. The van der Waals surface area contributed by atoms with Crippen molar-refractivity contribution in [3.63, 3.8) is 0 Å². The maximum absolute atomic E-state index is 12.4. The van der Waals surface area contributed by atoms with E-state index in [0.29, 0.717) is 22.7 Å². The summed E-state index contributed by atoms with van der Waals surface area (Å²) in [5, 5.41) is 2.89. The minimum atomic E-state index is -0.171. The fraction of sp³-hybridized carbons (Fsp3) is 0.0476. The molecule has 1 heterocycles. The molecule has 0 radical (unpaired) electrons. The van der Waals surface area contributed by atoms with E-state index in [9.17, 15) is 4.79 Å². The molecule has 0 saturated heterocycles. The molecule has 128 valence electrons. The molecule has 0 aliphatic heterocycles. The minimum absolute atomic E-state index is 0.171. The fourth-order valence-electron chi connectivity index (χ4n) is 2.71. The van der Waals surface area contributed by atoms with Crippen molar-refractivity contribution in [3.8, 4) is 11.5 Å². The molecule has 26 heavy (non-hydrogen) atoms. The number of carbonyl (C=O) groups is 1. The van der Waals surface area contributed by atoms with Gasteiger partial charge in [-0.3, -0.25) is 4.79 Å². The Kier molecular flexibility index (Phi) is 4.31. The van der Waals surface area contributed by atoms with Gasteiger partial charge < -0.3 is 9.73 Å². The number of nitrogens with one attached hydrogen (secondary N) is 1. The zero-order chi connectivity index (χ0) is 18.1. The van der Waals surface area contributed by atoms with Crippen molar-refractivity contribution >= 4 is 38.6 Å². The van der Waals surface area contributed by atoms with Gasteiger partial charge >= 0.3 is 0 Å². The minimum Gasteiger partial charge on any atom is -0.436 e. The number of hydrogen-bond donors (Lipinski definition) is 1. The highest BCUT2D eigenvalue weighted by Gasteiger charge is 2.11. The van der Waals surface area contributed by atoms with Crippen LogP contribution < -0.4 is 5.32 Å². The number of hydrogen-bond acceptors (Lipinski definition) is 3. The molecule has 0 unspecified atom stereocenters. The Morgan fingerprint density at radius 3 is 2.62 bits per heavy atom. The van der Waals surface area contributed by atoms with Gasteiger partial charge in [-0.15, -0.1) is 0 Å². The average Bonchev–Trinajstić information content (AvgIpc) is 3.05. The Hall–Kier alpha value is -2.92. The Bertz CT molecular complexity index is 1100. The van der Waals surface area contributed by atoms with Gasteiger partial charge in [-0.2, -0.15) is 0 Å². The number of fused-ring (bicyclic) bond motifs is 1. The van der Waals surface area contributed by atoms with Crippen molar-refractivity contribution in [2.24, 2.45) is 0 Å². The molecular weight excluding hydrogens is 392 g/mol. The first-order valence-electron chi connectivity index (χ1n) is 8.13. The number of aromatic nitrogens is 1. The van der Waals surface area contributed by atoms with Crippen molar-refractivity contribution in [3.05, 3.63) is 82.3 Å². The largest absolute Gasteiger partial charge is 0.436 e. The predicted molar refractivity (Wildman–Crippen MR) is 106 cm³/mol. The Morgan fingerprint density at radius 1 is 1.04 bits per heavy atom. The van der Waals surface area contributed by atoms with Gasteiger partial charge in [-0.25, -0.2) is 4.98 Å². The van der Waals surface area contributed by atoms with Crippen LogP contribution in [-0.2, 0) is 0 Å². The van der Waals surface area contributed by atoms with Gasteiger partial charge in [-0.1, -0.05) is 33.6 Å². The fourth-order valence-corrected chi connectivity index (χ4v) is 2.97. The van der Waals surface area contributed by atoms with Crippen LogP contribution in [0.5, 0.6) is 0 Å². The van der Waals surface area contributed by atoms with E-state index < -0.39 is 0 Å². The summed E-state index contributed by atoms with van der Waals surface area (Å²) in [6.07, 6.45) is 0. The molecule has 1 N–H and O–H groups in total. The summed E-state index contributed by atoms with van der Waals surface area (Å²) in [5.74, 6) is 0.398. The van der Waals surface area contributed by atoms with E-state index in [-0.39, 0.29) is 5.91 Å². The first-order chi connectivity index (χ1) is 12.6. The number of carbonyl (C=O) groups excluding carboxylic acids is 1. The Labute approximate surface area is 159 Å². The van der Waals surface area contributed by atoms with E-state index in [1.54, 1.807) is 18.2 Å². The molecule has 0 aliphatic carbocycles. The van der Waals surface area contributed by atoms with Gasteiger partial charge in [0.05, 0.1) is 0 Å². The number of amides is 1. The molecule has 0 aliphatic rings. The summed E-state index contributed by atoms with van der Waals surface area (Å²) < 4.78 is 6.82. The van der Waals surface area contributed by atoms with Gasteiger partial charge in [0.25, 0.3) is 5.91 Å². The van der Waals surface area contributed by atoms with E-state index in [0.717, 1.165) is 21.1 Å². The standard InChI is InChI=1S/C21H15BrN2O2/c1-13-3-2-4-15(11-13)21-24-18-10-9-17(12-19(18)26-21)23-20(25)14-5-7-16(22)8-6-14/h2-12H,1H3,(H,23,25). The van der Waals surface area contributed by atoms with E-state index in [1.165, 1.54) is 0 Å². The first-order valence-corrected chi connectivity index (χ1v) is 8.92. The van der Waals surface area contributed by atoms with Gasteiger partial charge in [0, 0.05) is 27.4 Å². The quantitative estimate of drug-likeness (QED) is 0.466. The maximum atomic E-state index is 12.4. The van der Waals surface area contributed by atoms with Gasteiger partial charge in [-0.05, 0) is 55.5 Å². The monoisotopic (exact) mass is 406 g/mol. The molecule has 0 spiro atoms. The van der Waals surface area contributed by atoms with Crippen LogP contribution in [0.2, 0.25) is 0 Å². The number of aryl methyl sites for hydroxylation is 1. The first kappa shape index (κ1) is 16.5. The van der Waals surface area contributed by atoms with E-state index in [2.05, 4.69) is 26.2 Å². The Morgan fingerprint density at radius 2 is 1.85 bits per heavy atom. The topological polar surface area (TPSA) is 55.1 Å². The van der Waals surface area contributed by atoms with E-state index in [4.69, 9.17) is 4.42 Å². The zero-order valence-electron chi connectivity index (χ0n) is 14.0. The lowest BCUT2D eigenvalue weighted by Gasteiger charge is -2.05. The number of benzene rings is 3. The second kappa shape index (κ2) is 6.77. The summed E-state index contributed by atoms with van der Waals surface area (Å²) in [7, 11) is 0. The van der Waals surface area contributed by atoms with Crippen molar-refractivity contribution in [2.75, 3.05) is 5.32 Å². The lowest BCUT2D eigenvalue weighted by molar-refractivity contribution is 0.102. The number of halogens is 1. The highest BCUT2D eigenvalue weighted by Crippen LogP contribution is 2.27. The summed E-state index contributed by atoms with van der Waals surface area (Å²) in [6.45, 7) is 2.03. The van der Waals surface area contributed by atoms with Crippen molar-refractivity contribution < 1.29 is 9.21 Å². The molecule has 0 saturated carbocycles. The van der Waals surface area contributed by atoms with Gasteiger partial charge in [0.1, 0.15) is 5.52 Å². The third kappa shape index (κ3) is 3.39. The van der Waals surface area contributed by atoms with Crippen LogP contribution in [0.15, 0.2) is 75.6 Å². The number of oxazole rings is 1. The molecule has 4 nitrogen and oxygen atoms in total. The number of anilines is 1. The smallest absolute Gasteiger partial charge is 0.255 e. The Balaban J connectivity index is 1.61. The van der Waals surface area contributed by atoms with E-state index in [1.807, 2.05) is 55.5 Å². The number of nitrogens with zero attached hydrogens (tertiary/aromatic N) is 1.